The number of hydrogen-bond donors (Lipinski definition) is 0. The number of benzene rings is 2. The van der Waals surface area contributed by atoms with Crippen molar-refractivity contribution in [3.8, 4) is 0 Å². The van der Waals surface area contributed by atoms with Gasteiger partial charge in [-0.2, -0.15) is 0 Å². The minimum atomic E-state index is -4.48. The van der Waals surface area contributed by atoms with Crippen LogP contribution >= 0.6 is 0 Å². The smallest absolute Gasteiger partial charge is 0.744 e. The van der Waals surface area contributed by atoms with Crippen molar-refractivity contribution in [2.45, 2.75) is 134 Å². The summed E-state index contributed by atoms with van der Waals surface area (Å²) < 4.78 is 36.0. The molecule has 0 spiro atoms. The van der Waals surface area contributed by atoms with E-state index in [1.165, 1.54) is 89.0 Å². The van der Waals surface area contributed by atoms with Crippen LogP contribution in [-0.2, 0) is 23.0 Å². The van der Waals surface area contributed by atoms with E-state index >= 15 is 0 Å². The largest absolute Gasteiger partial charge is 1.00 e. The van der Waals surface area contributed by atoms with E-state index in [1.54, 1.807) is 6.07 Å². The molecule has 0 saturated carbocycles. The molecule has 2 rings (SSSR count). The molecule has 192 valence electrons. The van der Waals surface area contributed by atoms with Crippen LogP contribution in [0.5, 0.6) is 0 Å². The van der Waals surface area contributed by atoms with Crippen molar-refractivity contribution in [1.29, 1.82) is 0 Å². The molecule has 0 saturated heterocycles. The summed E-state index contributed by atoms with van der Waals surface area (Å²) in [6, 6.07) is 9.61. The van der Waals surface area contributed by atoms with Crippen molar-refractivity contribution in [2.24, 2.45) is 0 Å². The third-order valence-corrected chi connectivity index (χ3v) is 7.99. The van der Waals surface area contributed by atoms with Crippen LogP contribution in [0.1, 0.15) is 128 Å². The van der Waals surface area contributed by atoms with Gasteiger partial charge in [0.15, 0.2) is 0 Å². The Balaban J connectivity index is 0.00000612. The van der Waals surface area contributed by atoms with Crippen LogP contribution in [0.4, 0.5) is 0 Å². The van der Waals surface area contributed by atoms with Gasteiger partial charge >= 0.3 is 51.4 Å². The Morgan fingerprint density at radius 2 is 1.09 bits per heavy atom. The first-order chi connectivity index (χ1) is 16.5. The molecule has 35 heavy (non-hydrogen) atoms. The molecular formula is C30H47KO3S. The Bertz CT molecular complexity index is 940. The Labute approximate surface area is 258 Å². The van der Waals surface area contributed by atoms with Crippen LogP contribution in [0.25, 0.3) is 10.8 Å². The quantitative estimate of drug-likeness (QED) is 0.126. The van der Waals surface area contributed by atoms with Crippen LogP contribution < -0.4 is 51.4 Å². The maximum absolute atomic E-state index is 12.0. The fourth-order valence-electron chi connectivity index (χ4n) is 5.06. The van der Waals surface area contributed by atoms with Gasteiger partial charge < -0.3 is 4.55 Å². The first-order valence-corrected chi connectivity index (χ1v) is 15.4. The Morgan fingerprint density at radius 1 is 0.600 bits per heavy atom. The van der Waals surface area contributed by atoms with E-state index in [1.807, 2.05) is 18.2 Å². The maximum Gasteiger partial charge on any atom is 1.00 e. The van der Waals surface area contributed by atoms with Gasteiger partial charge in [0.25, 0.3) is 0 Å². The fourth-order valence-corrected chi connectivity index (χ4v) is 5.81. The molecule has 0 aliphatic heterocycles. The number of aryl methyl sites for hydroxylation is 2. The monoisotopic (exact) mass is 526 g/mol. The van der Waals surface area contributed by atoms with Gasteiger partial charge in [-0.1, -0.05) is 128 Å². The van der Waals surface area contributed by atoms with Crippen molar-refractivity contribution >= 4 is 20.9 Å². The molecule has 3 nitrogen and oxygen atoms in total. The topological polar surface area (TPSA) is 57.2 Å². The zero-order valence-electron chi connectivity index (χ0n) is 22.7. The SMILES string of the molecule is CCCCCCCCCCc1cccc2c(CCCCCCCCCC)c(S(=O)(=O)[O-])ccc12.[K+]. The molecule has 0 fully saturated rings. The minimum Gasteiger partial charge on any atom is -0.744 e. The Kier molecular flexibility index (Phi) is 18.4. The second kappa shape index (κ2) is 19.3. The van der Waals surface area contributed by atoms with Crippen LogP contribution in [0.15, 0.2) is 35.2 Å². The van der Waals surface area contributed by atoms with Crippen molar-refractivity contribution in [2.75, 3.05) is 0 Å². The Hall–Kier alpha value is 0.246. The normalized spacial score (nSPS) is 11.6. The molecule has 0 atom stereocenters. The van der Waals surface area contributed by atoms with Crippen molar-refractivity contribution < 1.29 is 64.4 Å². The second-order valence-electron chi connectivity index (χ2n) is 9.96. The molecule has 0 aromatic heterocycles. The van der Waals surface area contributed by atoms with E-state index < -0.39 is 10.1 Å². The molecular weight excluding hydrogens is 479 g/mol. The van der Waals surface area contributed by atoms with Gasteiger partial charge in [0.2, 0.25) is 0 Å². The summed E-state index contributed by atoms with van der Waals surface area (Å²) in [6.45, 7) is 4.48. The molecule has 0 aliphatic rings. The average Bonchev–Trinajstić information content (AvgIpc) is 2.81. The van der Waals surface area contributed by atoms with Crippen molar-refractivity contribution in [1.82, 2.24) is 0 Å². The summed E-state index contributed by atoms with van der Waals surface area (Å²) >= 11 is 0. The zero-order chi connectivity index (χ0) is 24.7. The summed E-state index contributed by atoms with van der Waals surface area (Å²) in [5, 5.41) is 2.07. The molecule has 2 aromatic rings. The first-order valence-electron chi connectivity index (χ1n) is 14.0. The standard InChI is InChI=1S/C30H48O3S.K/c1-3-5-7-9-11-13-15-17-20-26-21-19-23-28-27(26)24-25-30(34(31,32)33)29(28)22-18-16-14-12-10-8-6-4-2;/h19,21,23-25H,3-18,20,22H2,1-2H3,(H,31,32,33);/q;+1/p-1. The van der Waals surface area contributed by atoms with E-state index in [0.717, 1.165) is 42.0 Å². The summed E-state index contributed by atoms with van der Waals surface area (Å²) in [5.74, 6) is 0. The zero-order valence-corrected chi connectivity index (χ0v) is 26.7. The Morgan fingerprint density at radius 3 is 1.60 bits per heavy atom. The van der Waals surface area contributed by atoms with Gasteiger partial charge in [-0.15, -0.1) is 0 Å². The molecule has 0 amide bonds. The van der Waals surface area contributed by atoms with Gasteiger partial charge in [0, 0.05) is 0 Å². The first kappa shape index (κ1) is 33.3. The van der Waals surface area contributed by atoms with Gasteiger partial charge in [-0.3, -0.25) is 0 Å². The molecule has 0 radical (unpaired) electrons. The van der Waals surface area contributed by atoms with E-state index in [-0.39, 0.29) is 56.3 Å². The minimum absolute atomic E-state index is 0. The van der Waals surface area contributed by atoms with Crippen LogP contribution in [0, 0.1) is 0 Å². The molecule has 0 N–H and O–H groups in total. The van der Waals surface area contributed by atoms with Crippen molar-refractivity contribution in [3.05, 3.63) is 41.5 Å². The van der Waals surface area contributed by atoms with Crippen LogP contribution in [0.3, 0.4) is 0 Å². The van der Waals surface area contributed by atoms with E-state index in [4.69, 9.17) is 0 Å². The third kappa shape index (κ3) is 12.6. The molecule has 5 heteroatoms. The van der Waals surface area contributed by atoms with Crippen LogP contribution in [0.2, 0.25) is 0 Å². The molecule has 0 bridgehead atoms. The van der Waals surface area contributed by atoms with E-state index in [9.17, 15) is 13.0 Å². The molecule has 0 heterocycles. The van der Waals surface area contributed by atoms with Gasteiger partial charge in [0.1, 0.15) is 10.1 Å². The van der Waals surface area contributed by atoms with Gasteiger partial charge in [-0.05, 0) is 53.6 Å². The number of hydrogen-bond acceptors (Lipinski definition) is 3. The summed E-state index contributed by atoms with van der Waals surface area (Å²) in [6.07, 6.45) is 21.6. The number of unbranched alkanes of at least 4 members (excludes halogenated alkanes) is 14. The molecule has 0 unspecified atom stereocenters. The fraction of sp³-hybridized carbons (Fsp3) is 0.667. The predicted molar refractivity (Wildman–Crippen MR) is 145 cm³/mol. The summed E-state index contributed by atoms with van der Waals surface area (Å²) in [5.41, 5.74) is 2.01. The third-order valence-electron chi connectivity index (χ3n) is 7.07. The van der Waals surface area contributed by atoms with Crippen LogP contribution in [-0.4, -0.2) is 13.0 Å². The van der Waals surface area contributed by atoms with E-state index in [0.29, 0.717) is 6.42 Å². The van der Waals surface area contributed by atoms with Gasteiger partial charge in [0.05, 0.1) is 4.90 Å². The molecule has 2 aromatic carbocycles. The molecule has 0 aliphatic carbocycles. The number of fused-ring (bicyclic) bond motifs is 1. The number of rotatable bonds is 19. The average molecular weight is 527 g/mol. The van der Waals surface area contributed by atoms with Crippen molar-refractivity contribution in [3.63, 3.8) is 0 Å². The summed E-state index contributed by atoms with van der Waals surface area (Å²) in [4.78, 5) is -0.0211. The predicted octanol–water partition coefficient (Wildman–Crippen LogP) is 6.11. The van der Waals surface area contributed by atoms with E-state index in [2.05, 4.69) is 19.9 Å². The summed E-state index contributed by atoms with van der Waals surface area (Å²) in [7, 11) is -4.48. The maximum atomic E-state index is 12.0. The second-order valence-corrected chi connectivity index (χ2v) is 11.3. The van der Waals surface area contributed by atoms with Gasteiger partial charge in [-0.25, -0.2) is 8.42 Å².